The fourth-order valence-corrected chi connectivity index (χ4v) is 3.43. The van der Waals surface area contributed by atoms with Crippen LogP contribution in [-0.4, -0.2) is 22.4 Å². The van der Waals surface area contributed by atoms with Crippen LogP contribution in [0.4, 0.5) is 0 Å². The van der Waals surface area contributed by atoms with E-state index in [9.17, 15) is 9.59 Å². The number of rotatable bonds is 5. The number of thioether (sulfide) groups is 2. The van der Waals surface area contributed by atoms with Crippen LogP contribution >= 0.6 is 23.5 Å². The Hall–Kier alpha value is -2.50. The minimum atomic E-state index is -0.879. The van der Waals surface area contributed by atoms with Crippen LogP contribution in [0.1, 0.15) is 26.3 Å². The van der Waals surface area contributed by atoms with Gasteiger partial charge in [-0.15, -0.1) is 11.8 Å². The normalized spacial score (nSPS) is 9.81. The van der Waals surface area contributed by atoms with Gasteiger partial charge in [0.2, 0.25) is 5.12 Å². The SMILES string of the molecule is CSC(=O)c1cccc(SCc2ccccc2)c1.O=C(O)c1ccccc1. The number of benzene rings is 3. The Bertz CT molecular complexity index is 865. The molecule has 0 heterocycles. The quantitative estimate of drug-likeness (QED) is 0.547. The molecule has 138 valence electrons. The minimum Gasteiger partial charge on any atom is -0.478 e. The zero-order valence-corrected chi connectivity index (χ0v) is 16.5. The molecule has 5 heteroatoms. The predicted octanol–water partition coefficient (Wildman–Crippen LogP) is 5.87. The lowest BCUT2D eigenvalue weighted by Gasteiger charge is -2.04. The van der Waals surface area contributed by atoms with E-state index in [1.165, 1.54) is 17.3 Å². The monoisotopic (exact) mass is 396 g/mol. The molecule has 3 aromatic carbocycles. The number of carbonyl (C=O) groups excluding carboxylic acids is 1. The molecule has 0 aliphatic rings. The zero-order chi connectivity index (χ0) is 19.5. The highest BCUT2D eigenvalue weighted by atomic mass is 32.2. The van der Waals surface area contributed by atoms with E-state index in [1.54, 1.807) is 42.1 Å². The average Bonchev–Trinajstić information content (AvgIpc) is 2.73. The third-order valence-corrected chi connectivity index (χ3v) is 5.20. The van der Waals surface area contributed by atoms with Crippen molar-refractivity contribution in [3.63, 3.8) is 0 Å². The number of carbonyl (C=O) groups is 2. The first-order chi connectivity index (χ1) is 13.1. The second kappa shape index (κ2) is 11.3. The lowest BCUT2D eigenvalue weighted by atomic mass is 10.2. The molecule has 0 atom stereocenters. The lowest BCUT2D eigenvalue weighted by molar-refractivity contribution is 0.0696. The van der Waals surface area contributed by atoms with Gasteiger partial charge in [-0.3, -0.25) is 4.79 Å². The van der Waals surface area contributed by atoms with Crippen LogP contribution in [0.25, 0.3) is 0 Å². The van der Waals surface area contributed by atoms with E-state index in [1.807, 2.05) is 48.7 Å². The number of carboxylic acid groups (broad SMARTS) is 1. The lowest BCUT2D eigenvalue weighted by Crippen LogP contribution is -1.93. The van der Waals surface area contributed by atoms with Crippen molar-refractivity contribution in [3.8, 4) is 0 Å². The molecule has 0 radical (unpaired) electrons. The summed E-state index contributed by atoms with van der Waals surface area (Å²) in [7, 11) is 0. The number of hydrogen-bond donors (Lipinski definition) is 1. The maximum Gasteiger partial charge on any atom is 0.335 e. The van der Waals surface area contributed by atoms with Gasteiger partial charge in [0.25, 0.3) is 0 Å². The van der Waals surface area contributed by atoms with Crippen molar-refractivity contribution >= 4 is 34.6 Å². The topological polar surface area (TPSA) is 54.4 Å². The molecule has 0 bridgehead atoms. The van der Waals surface area contributed by atoms with Crippen molar-refractivity contribution in [1.82, 2.24) is 0 Å². The van der Waals surface area contributed by atoms with Gasteiger partial charge >= 0.3 is 5.97 Å². The van der Waals surface area contributed by atoms with Gasteiger partial charge in [-0.25, -0.2) is 4.79 Å². The molecule has 3 nitrogen and oxygen atoms in total. The summed E-state index contributed by atoms with van der Waals surface area (Å²) in [5, 5.41) is 8.51. The van der Waals surface area contributed by atoms with Gasteiger partial charge in [0.15, 0.2) is 0 Å². The molecule has 0 amide bonds. The Morgan fingerprint density at radius 2 is 1.41 bits per heavy atom. The minimum absolute atomic E-state index is 0.122. The molecular weight excluding hydrogens is 376 g/mol. The Morgan fingerprint density at radius 1 is 0.815 bits per heavy atom. The van der Waals surface area contributed by atoms with Crippen molar-refractivity contribution in [2.75, 3.05) is 6.26 Å². The molecule has 0 saturated carbocycles. The van der Waals surface area contributed by atoms with Gasteiger partial charge in [0.1, 0.15) is 0 Å². The fraction of sp³-hybridized carbons (Fsp3) is 0.0909. The second-order valence-electron chi connectivity index (χ2n) is 5.46. The largest absolute Gasteiger partial charge is 0.478 e. The molecule has 0 fully saturated rings. The molecule has 3 aromatic rings. The van der Waals surface area contributed by atoms with E-state index in [4.69, 9.17) is 5.11 Å². The molecular formula is C22H20O3S2. The first-order valence-corrected chi connectivity index (χ1v) is 10.4. The molecule has 0 aliphatic heterocycles. The van der Waals surface area contributed by atoms with Crippen molar-refractivity contribution in [2.24, 2.45) is 0 Å². The molecule has 0 aromatic heterocycles. The van der Waals surface area contributed by atoms with Crippen LogP contribution in [0.15, 0.2) is 89.8 Å². The maximum absolute atomic E-state index is 11.6. The molecule has 0 unspecified atom stereocenters. The number of hydrogen-bond acceptors (Lipinski definition) is 4. The van der Waals surface area contributed by atoms with Gasteiger partial charge in [-0.2, -0.15) is 0 Å². The van der Waals surface area contributed by atoms with E-state index >= 15 is 0 Å². The highest BCUT2D eigenvalue weighted by Crippen LogP contribution is 2.24. The first kappa shape index (κ1) is 20.8. The highest BCUT2D eigenvalue weighted by molar-refractivity contribution is 8.13. The highest BCUT2D eigenvalue weighted by Gasteiger charge is 2.04. The summed E-state index contributed by atoms with van der Waals surface area (Å²) in [5.74, 6) is 0.0493. The Kier molecular flexibility index (Phi) is 8.68. The molecule has 27 heavy (non-hydrogen) atoms. The van der Waals surface area contributed by atoms with Crippen molar-refractivity contribution in [3.05, 3.63) is 102 Å². The third-order valence-electron chi connectivity index (χ3n) is 3.52. The number of aromatic carboxylic acids is 1. The summed E-state index contributed by atoms with van der Waals surface area (Å²) in [6, 6.07) is 26.5. The van der Waals surface area contributed by atoms with Gasteiger partial charge in [-0.1, -0.05) is 72.4 Å². The molecule has 3 rings (SSSR count). The second-order valence-corrected chi connectivity index (χ2v) is 7.29. The molecule has 0 aliphatic carbocycles. The Labute approximate surface area is 167 Å². The molecule has 0 spiro atoms. The maximum atomic E-state index is 11.6. The Morgan fingerprint density at radius 3 is 1.96 bits per heavy atom. The van der Waals surface area contributed by atoms with Crippen LogP contribution in [0, 0.1) is 0 Å². The van der Waals surface area contributed by atoms with Crippen molar-refractivity contribution in [1.29, 1.82) is 0 Å². The van der Waals surface area contributed by atoms with Crippen molar-refractivity contribution in [2.45, 2.75) is 10.6 Å². The smallest absolute Gasteiger partial charge is 0.335 e. The van der Waals surface area contributed by atoms with E-state index in [-0.39, 0.29) is 5.12 Å². The third kappa shape index (κ3) is 7.33. The summed E-state index contributed by atoms with van der Waals surface area (Å²) < 4.78 is 0. The standard InChI is InChI=1S/C15H14OS2.C7H6O2/c1-17-15(16)13-8-5-9-14(10-13)18-11-12-6-3-2-4-7-12;8-7(9)6-4-2-1-3-5-6/h2-10H,11H2,1H3;1-5H,(H,8,9). The summed E-state index contributed by atoms with van der Waals surface area (Å²) in [5.41, 5.74) is 2.40. The summed E-state index contributed by atoms with van der Waals surface area (Å²) in [6.45, 7) is 0. The van der Waals surface area contributed by atoms with Gasteiger partial charge in [0, 0.05) is 16.2 Å². The van der Waals surface area contributed by atoms with Crippen LogP contribution in [-0.2, 0) is 5.75 Å². The first-order valence-electron chi connectivity index (χ1n) is 8.23. The number of carboxylic acids is 1. The van der Waals surface area contributed by atoms with Crippen LogP contribution in [0.3, 0.4) is 0 Å². The molecule has 1 N–H and O–H groups in total. The van der Waals surface area contributed by atoms with Gasteiger partial charge in [0.05, 0.1) is 5.56 Å². The van der Waals surface area contributed by atoms with Crippen LogP contribution in [0.5, 0.6) is 0 Å². The summed E-state index contributed by atoms with van der Waals surface area (Å²) >= 11 is 3.01. The summed E-state index contributed by atoms with van der Waals surface area (Å²) in [4.78, 5) is 22.9. The van der Waals surface area contributed by atoms with Gasteiger partial charge < -0.3 is 5.11 Å². The van der Waals surface area contributed by atoms with E-state index < -0.39 is 5.97 Å². The van der Waals surface area contributed by atoms with Crippen LogP contribution < -0.4 is 0 Å². The van der Waals surface area contributed by atoms with Gasteiger partial charge in [-0.05, 0) is 36.1 Å². The fourth-order valence-electron chi connectivity index (χ4n) is 2.15. The van der Waals surface area contributed by atoms with E-state index in [2.05, 4.69) is 12.1 Å². The van der Waals surface area contributed by atoms with Crippen LogP contribution in [0.2, 0.25) is 0 Å². The zero-order valence-electron chi connectivity index (χ0n) is 14.9. The molecule has 0 saturated heterocycles. The predicted molar refractivity (Wildman–Crippen MR) is 114 cm³/mol. The van der Waals surface area contributed by atoms with E-state index in [0.29, 0.717) is 5.56 Å². The van der Waals surface area contributed by atoms with Crippen molar-refractivity contribution < 1.29 is 14.7 Å². The van der Waals surface area contributed by atoms with E-state index in [0.717, 1.165) is 16.2 Å². The average molecular weight is 397 g/mol. The Balaban J connectivity index is 0.000000244. The summed E-state index contributed by atoms with van der Waals surface area (Å²) in [6.07, 6.45) is 1.81.